The summed E-state index contributed by atoms with van der Waals surface area (Å²) in [5.74, 6) is -0.185. The SMILES string of the molecule is CC(C)(C)C(CC(=O)O)NC(=O)N1CCn2cnnc2C1. The molecule has 8 heteroatoms. The van der Waals surface area contributed by atoms with Gasteiger partial charge in [-0.1, -0.05) is 20.8 Å². The van der Waals surface area contributed by atoms with Crippen LogP contribution in [0.3, 0.4) is 0 Å². The Morgan fingerprint density at radius 2 is 2.14 bits per heavy atom. The summed E-state index contributed by atoms with van der Waals surface area (Å²) in [7, 11) is 0. The fourth-order valence-electron chi connectivity index (χ4n) is 2.23. The Balaban J connectivity index is 2.01. The first-order chi connectivity index (χ1) is 9.77. The Labute approximate surface area is 123 Å². The lowest BCUT2D eigenvalue weighted by Gasteiger charge is -2.34. The summed E-state index contributed by atoms with van der Waals surface area (Å²) in [5.41, 5.74) is -0.330. The summed E-state index contributed by atoms with van der Waals surface area (Å²) in [5, 5.41) is 19.6. The van der Waals surface area contributed by atoms with Crippen molar-refractivity contribution in [2.45, 2.75) is 46.3 Å². The zero-order chi connectivity index (χ0) is 15.6. The number of carbonyl (C=O) groups excluding carboxylic acids is 1. The van der Waals surface area contributed by atoms with E-state index in [0.29, 0.717) is 19.6 Å². The van der Waals surface area contributed by atoms with Crippen LogP contribution in [-0.2, 0) is 17.9 Å². The van der Waals surface area contributed by atoms with Crippen molar-refractivity contribution < 1.29 is 14.7 Å². The van der Waals surface area contributed by atoms with Gasteiger partial charge in [-0.2, -0.15) is 0 Å². The molecule has 1 atom stereocenters. The Hall–Kier alpha value is -2.12. The summed E-state index contributed by atoms with van der Waals surface area (Å²) in [6.07, 6.45) is 1.55. The molecule has 116 valence electrons. The molecule has 0 bridgehead atoms. The Kier molecular flexibility index (Phi) is 4.15. The van der Waals surface area contributed by atoms with Crippen LogP contribution in [-0.4, -0.2) is 49.4 Å². The van der Waals surface area contributed by atoms with Gasteiger partial charge in [0.05, 0.1) is 13.0 Å². The van der Waals surface area contributed by atoms with Gasteiger partial charge in [0.2, 0.25) is 0 Å². The Morgan fingerprint density at radius 1 is 1.43 bits per heavy atom. The highest BCUT2D eigenvalue weighted by atomic mass is 16.4. The van der Waals surface area contributed by atoms with E-state index < -0.39 is 12.0 Å². The zero-order valence-electron chi connectivity index (χ0n) is 12.5. The van der Waals surface area contributed by atoms with Crippen LogP contribution in [0.4, 0.5) is 4.79 Å². The van der Waals surface area contributed by atoms with Crippen LogP contribution in [0, 0.1) is 5.41 Å². The van der Waals surface area contributed by atoms with Crippen molar-refractivity contribution in [3.63, 3.8) is 0 Å². The molecule has 0 saturated heterocycles. The standard InChI is InChI=1S/C13H21N5O3/c1-13(2,3)9(6-11(19)20)15-12(21)17-4-5-18-8-14-16-10(18)7-17/h8-9H,4-7H2,1-3H3,(H,15,21)(H,19,20). The number of carboxylic acids is 1. The molecule has 2 amide bonds. The van der Waals surface area contributed by atoms with Gasteiger partial charge >= 0.3 is 12.0 Å². The number of amides is 2. The van der Waals surface area contributed by atoms with Crippen molar-refractivity contribution in [2.24, 2.45) is 5.41 Å². The van der Waals surface area contributed by atoms with E-state index >= 15 is 0 Å². The predicted octanol–water partition coefficient (Wildman–Crippen LogP) is 0.693. The van der Waals surface area contributed by atoms with Crippen molar-refractivity contribution in [1.82, 2.24) is 25.0 Å². The fraction of sp³-hybridized carbons (Fsp3) is 0.692. The number of rotatable bonds is 3. The van der Waals surface area contributed by atoms with Crippen LogP contribution in [0.25, 0.3) is 0 Å². The highest BCUT2D eigenvalue weighted by Gasteiger charge is 2.31. The van der Waals surface area contributed by atoms with Crippen LogP contribution < -0.4 is 5.32 Å². The van der Waals surface area contributed by atoms with Gasteiger partial charge < -0.3 is 19.9 Å². The van der Waals surface area contributed by atoms with Crippen LogP contribution in [0.2, 0.25) is 0 Å². The molecule has 0 aliphatic carbocycles. The van der Waals surface area contributed by atoms with Gasteiger partial charge in [0.1, 0.15) is 6.33 Å². The monoisotopic (exact) mass is 295 g/mol. The lowest BCUT2D eigenvalue weighted by molar-refractivity contribution is -0.138. The van der Waals surface area contributed by atoms with Crippen LogP contribution in [0.15, 0.2) is 6.33 Å². The van der Waals surface area contributed by atoms with Crippen molar-refractivity contribution in [3.8, 4) is 0 Å². The van der Waals surface area contributed by atoms with E-state index in [4.69, 9.17) is 5.11 Å². The third-order valence-corrected chi connectivity index (χ3v) is 3.65. The minimum atomic E-state index is -0.923. The number of fused-ring (bicyclic) bond motifs is 1. The van der Waals surface area contributed by atoms with E-state index in [2.05, 4.69) is 15.5 Å². The molecule has 0 saturated carbocycles. The van der Waals surface area contributed by atoms with Gasteiger partial charge in [0.25, 0.3) is 0 Å². The minimum absolute atomic E-state index is 0.0980. The molecule has 0 fully saturated rings. The minimum Gasteiger partial charge on any atom is -0.481 e. The van der Waals surface area contributed by atoms with E-state index in [1.54, 1.807) is 11.2 Å². The third-order valence-electron chi connectivity index (χ3n) is 3.65. The van der Waals surface area contributed by atoms with Crippen molar-refractivity contribution >= 4 is 12.0 Å². The number of nitrogens with zero attached hydrogens (tertiary/aromatic N) is 4. The average molecular weight is 295 g/mol. The average Bonchev–Trinajstić information content (AvgIpc) is 2.83. The first-order valence-corrected chi connectivity index (χ1v) is 6.91. The number of aromatic nitrogens is 3. The van der Waals surface area contributed by atoms with Crippen LogP contribution >= 0.6 is 0 Å². The van der Waals surface area contributed by atoms with Gasteiger partial charge in [0.15, 0.2) is 5.82 Å². The third kappa shape index (κ3) is 3.71. The maximum Gasteiger partial charge on any atom is 0.318 e. The molecule has 1 aromatic heterocycles. The number of nitrogens with one attached hydrogen (secondary N) is 1. The number of aliphatic carboxylic acids is 1. The molecular weight excluding hydrogens is 274 g/mol. The van der Waals surface area contributed by atoms with Crippen LogP contribution in [0.1, 0.15) is 33.0 Å². The number of urea groups is 1. The molecule has 1 aliphatic rings. The summed E-state index contributed by atoms with van der Waals surface area (Å²) >= 11 is 0. The highest BCUT2D eigenvalue weighted by molar-refractivity contribution is 5.76. The molecule has 2 rings (SSSR count). The molecule has 21 heavy (non-hydrogen) atoms. The Morgan fingerprint density at radius 3 is 2.76 bits per heavy atom. The molecule has 0 radical (unpaired) electrons. The Bertz CT molecular complexity index is 534. The maximum atomic E-state index is 12.3. The van der Waals surface area contributed by atoms with Crippen molar-refractivity contribution in [2.75, 3.05) is 6.54 Å². The van der Waals surface area contributed by atoms with Crippen molar-refractivity contribution in [3.05, 3.63) is 12.2 Å². The van der Waals surface area contributed by atoms with E-state index in [1.165, 1.54) is 0 Å². The van der Waals surface area contributed by atoms with E-state index in [0.717, 1.165) is 5.82 Å². The second-order valence-electron chi connectivity index (χ2n) is 6.33. The smallest absolute Gasteiger partial charge is 0.318 e. The number of carbonyl (C=O) groups is 2. The number of carboxylic acid groups (broad SMARTS) is 1. The molecule has 2 heterocycles. The van der Waals surface area contributed by atoms with E-state index in [-0.39, 0.29) is 17.9 Å². The summed E-state index contributed by atoms with van der Waals surface area (Å²) < 4.78 is 1.91. The molecule has 1 aliphatic heterocycles. The largest absolute Gasteiger partial charge is 0.481 e. The second-order valence-corrected chi connectivity index (χ2v) is 6.33. The van der Waals surface area contributed by atoms with E-state index in [9.17, 15) is 9.59 Å². The summed E-state index contributed by atoms with van der Waals surface area (Å²) in [4.78, 5) is 24.9. The predicted molar refractivity (Wildman–Crippen MR) is 74.5 cm³/mol. The molecule has 8 nitrogen and oxygen atoms in total. The molecule has 2 N–H and O–H groups in total. The van der Waals surface area contributed by atoms with Gasteiger partial charge in [-0.3, -0.25) is 4.79 Å². The summed E-state index contributed by atoms with van der Waals surface area (Å²) in [6.45, 7) is 7.32. The topological polar surface area (TPSA) is 100 Å². The lowest BCUT2D eigenvalue weighted by Crippen LogP contribution is -2.51. The van der Waals surface area contributed by atoms with Gasteiger partial charge in [-0.05, 0) is 5.41 Å². The zero-order valence-corrected chi connectivity index (χ0v) is 12.5. The molecule has 0 aromatic carbocycles. The molecule has 0 spiro atoms. The van der Waals surface area contributed by atoms with Gasteiger partial charge in [-0.15, -0.1) is 10.2 Å². The molecule has 1 aromatic rings. The van der Waals surface area contributed by atoms with Crippen molar-refractivity contribution in [1.29, 1.82) is 0 Å². The normalized spacial score (nSPS) is 16.2. The maximum absolute atomic E-state index is 12.3. The van der Waals surface area contributed by atoms with Gasteiger partial charge in [-0.25, -0.2) is 4.79 Å². The molecular formula is C13H21N5O3. The van der Waals surface area contributed by atoms with E-state index in [1.807, 2.05) is 25.3 Å². The quantitative estimate of drug-likeness (QED) is 0.854. The first kappa shape index (κ1) is 15.3. The summed E-state index contributed by atoms with van der Waals surface area (Å²) in [6, 6.07) is -0.687. The number of hydrogen-bond acceptors (Lipinski definition) is 4. The fourth-order valence-corrected chi connectivity index (χ4v) is 2.23. The molecule has 1 unspecified atom stereocenters. The van der Waals surface area contributed by atoms with Gasteiger partial charge in [0, 0.05) is 19.1 Å². The van der Waals surface area contributed by atoms with Crippen LogP contribution in [0.5, 0.6) is 0 Å². The first-order valence-electron chi connectivity index (χ1n) is 6.91. The lowest BCUT2D eigenvalue weighted by atomic mass is 9.85. The second kappa shape index (κ2) is 5.71. The highest BCUT2D eigenvalue weighted by Crippen LogP contribution is 2.22. The number of hydrogen-bond donors (Lipinski definition) is 2.